The van der Waals surface area contributed by atoms with E-state index in [4.69, 9.17) is 4.74 Å². The van der Waals surface area contributed by atoms with Crippen molar-refractivity contribution < 1.29 is 13.9 Å². The summed E-state index contributed by atoms with van der Waals surface area (Å²) in [6.07, 6.45) is 2.12. The van der Waals surface area contributed by atoms with Crippen LogP contribution in [0.2, 0.25) is 0 Å². The lowest BCUT2D eigenvalue weighted by Crippen LogP contribution is -2.32. The first-order valence-corrected chi connectivity index (χ1v) is 7.08. The molecular formula is C15H23FN2O2. The lowest BCUT2D eigenvalue weighted by atomic mass is 10.3. The summed E-state index contributed by atoms with van der Waals surface area (Å²) < 4.78 is 18.2. The molecule has 0 fully saturated rings. The number of rotatable bonds is 10. The van der Waals surface area contributed by atoms with E-state index in [-0.39, 0.29) is 11.7 Å². The van der Waals surface area contributed by atoms with E-state index < -0.39 is 0 Å². The van der Waals surface area contributed by atoms with Crippen molar-refractivity contribution in [1.29, 1.82) is 0 Å². The first kappa shape index (κ1) is 16.4. The van der Waals surface area contributed by atoms with Gasteiger partial charge in [-0.1, -0.05) is 13.0 Å². The van der Waals surface area contributed by atoms with Crippen LogP contribution < -0.4 is 15.4 Å². The van der Waals surface area contributed by atoms with E-state index in [0.29, 0.717) is 31.7 Å². The van der Waals surface area contributed by atoms with Crippen LogP contribution >= 0.6 is 0 Å². The van der Waals surface area contributed by atoms with Gasteiger partial charge < -0.3 is 15.4 Å². The van der Waals surface area contributed by atoms with Crippen LogP contribution in [0, 0.1) is 5.82 Å². The summed E-state index contributed by atoms with van der Waals surface area (Å²) in [7, 11) is 0. The maximum Gasteiger partial charge on any atom is 0.220 e. The molecule has 4 nitrogen and oxygen atoms in total. The highest BCUT2D eigenvalue weighted by Gasteiger charge is 2.01. The van der Waals surface area contributed by atoms with E-state index in [2.05, 4.69) is 17.6 Å². The van der Waals surface area contributed by atoms with E-state index in [9.17, 15) is 9.18 Å². The minimum absolute atomic E-state index is 0.0196. The van der Waals surface area contributed by atoms with Gasteiger partial charge in [0.2, 0.25) is 5.91 Å². The maximum atomic E-state index is 12.9. The fraction of sp³-hybridized carbons (Fsp3) is 0.533. The summed E-state index contributed by atoms with van der Waals surface area (Å²) in [4.78, 5) is 11.5. The first-order chi connectivity index (χ1) is 9.72. The van der Waals surface area contributed by atoms with E-state index >= 15 is 0 Å². The predicted octanol–water partition coefficient (Wildman–Crippen LogP) is 2.10. The Labute approximate surface area is 119 Å². The topological polar surface area (TPSA) is 50.4 Å². The molecule has 20 heavy (non-hydrogen) atoms. The molecule has 0 aliphatic carbocycles. The molecule has 2 N–H and O–H groups in total. The number of carbonyl (C=O) groups excluding carboxylic acids is 1. The van der Waals surface area contributed by atoms with Gasteiger partial charge in [0, 0.05) is 25.6 Å². The SMILES string of the molecule is CCCNCCNC(=O)CCCOc1cccc(F)c1. The van der Waals surface area contributed by atoms with Gasteiger partial charge in [0.1, 0.15) is 11.6 Å². The molecule has 0 aromatic heterocycles. The normalized spacial score (nSPS) is 10.3. The van der Waals surface area contributed by atoms with Gasteiger partial charge in [-0.05, 0) is 31.5 Å². The molecule has 0 aliphatic rings. The number of hydrogen-bond acceptors (Lipinski definition) is 3. The third-order valence-electron chi connectivity index (χ3n) is 2.66. The van der Waals surface area contributed by atoms with Crippen molar-refractivity contribution in [2.75, 3.05) is 26.2 Å². The largest absolute Gasteiger partial charge is 0.493 e. The fourth-order valence-corrected chi connectivity index (χ4v) is 1.66. The minimum Gasteiger partial charge on any atom is -0.493 e. The van der Waals surface area contributed by atoms with Crippen molar-refractivity contribution in [3.8, 4) is 5.75 Å². The molecule has 0 atom stereocenters. The number of hydrogen-bond donors (Lipinski definition) is 2. The summed E-state index contributed by atoms with van der Waals surface area (Å²) in [5.74, 6) is 0.195. The number of ether oxygens (including phenoxy) is 1. The fourth-order valence-electron chi connectivity index (χ4n) is 1.66. The lowest BCUT2D eigenvalue weighted by Gasteiger charge is -2.07. The van der Waals surface area contributed by atoms with Crippen LogP contribution in [0.4, 0.5) is 4.39 Å². The molecule has 1 aromatic carbocycles. The lowest BCUT2D eigenvalue weighted by molar-refractivity contribution is -0.121. The van der Waals surface area contributed by atoms with Gasteiger partial charge in [0.05, 0.1) is 6.61 Å². The zero-order valence-electron chi connectivity index (χ0n) is 12.0. The second kappa shape index (κ2) is 10.2. The second-order valence-electron chi connectivity index (χ2n) is 4.51. The van der Waals surface area contributed by atoms with Crippen molar-refractivity contribution in [2.24, 2.45) is 0 Å². The monoisotopic (exact) mass is 282 g/mol. The quantitative estimate of drug-likeness (QED) is 0.646. The van der Waals surface area contributed by atoms with Crippen molar-refractivity contribution in [3.63, 3.8) is 0 Å². The second-order valence-corrected chi connectivity index (χ2v) is 4.51. The van der Waals surface area contributed by atoms with Gasteiger partial charge in [0.15, 0.2) is 0 Å². The van der Waals surface area contributed by atoms with Crippen LogP contribution in [0.3, 0.4) is 0 Å². The van der Waals surface area contributed by atoms with Crippen LogP contribution in [-0.2, 0) is 4.79 Å². The number of amides is 1. The molecule has 0 unspecified atom stereocenters. The Kier molecular flexibility index (Phi) is 8.38. The molecule has 0 radical (unpaired) electrons. The summed E-state index contributed by atoms with van der Waals surface area (Å²) in [5.41, 5.74) is 0. The molecule has 1 aromatic rings. The van der Waals surface area contributed by atoms with Gasteiger partial charge in [-0.25, -0.2) is 4.39 Å². The summed E-state index contributed by atoms with van der Waals surface area (Å²) in [6.45, 7) is 4.91. The number of nitrogens with one attached hydrogen (secondary N) is 2. The van der Waals surface area contributed by atoms with E-state index in [0.717, 1.165) is 19.5 Å². The Morgan fingerprint density at radius 1 is 1.30 bits per heavy atom. The summed E-state index contributed by atoms with van der Waals surface area (Å²) in [5, 5.41) is 6.04. The van der Waals surface area contributed by atoms with Crippen LogP contribution in [-0.4, -0.2) is 32.1 Å². The smallest absolute Gasteiger partial charge is 0.220 e. The highest BCUT2D eigenvalue weighted by molar-refractivity contribution is 5.75. The van der Waals surface area contributed by atoms with Gasteiger partial charge in [0.25, 0.3) is 0 Å². The molecule has 1 rings (SSSR count). The Hall–Kier alpha value is -1.62. The molecule has 5 heteroatoms. The van der Waals surface area contributed by atoms with Gasteiger partial charge in [-0.3, -0.25) is 4.79 Å². The molecular weight excluding hydrogens is 259 g/mol. The third-order valence-corrected chi connectivity index (χ3v) is 2.66. The Balaban J connectivity index is 2.02. The average molecular weight is 282 g/mol. The number of carbonyl (C=O) groups is 1. The van der Waals surface area contributed by atoms with Crippen LogP contribution in [0.15, 0.2) is 24.3 Å². The molecule has 0 bridgehead atoms. The summed E-state index contributed by atoms with van der Waals surface area (Å²) in [6, 6.07) is 6.00. The predicted molar refractivity (Wildman–Crippen MR) is 77.3 cm³/mol. The average Bonchev–Trinajstić information content (AvgIpc) is 2.43. The van der Waals surface area contributed by atoms with E-state index in [1.165, 1.54) is 12.1 Å². The van der Waals surface area contributed by atoms with Gasteiger partial charge >= 0.3 is 0 Å². The van der Waals surface area contributed by atoms with Crippen LogP contribution in [0.25, 0.3) is 0 Å². The Morgan fingerprint density at radius 3 is 2.90 bits per heavy atom. The maximum absolute atomic E-state index is 12.9. The van der Waals surface area contributed by atoms with Crippen molar-refractivity contribution in [1.82, 2.24) is 10.6 Å². The van der Waals surface area contributed by atoms with Crippen LogP contribution in [0.1, 0.15) is 26.2 Å². The Morgan fingerprint density at radius 2 is 2.15 bits per heavy atom. The van der Waals surface area contributed by atoms with Crippen LogP contribution in [0.5, 0.6) is 5.75 Å². The molecule has 0 heterocycles. The van der Waals surface area contributed by atoms with E-state index in [1.807, 2.05) is 0 Å². The molecule has 0 spiro atoms. The zero-order chi connectivity index (χ0) is 14.6. The van der Waals surface area contributed by atoms with Crippen molar-refractivity contribution in [3.05, 3.63) is 30.1 Å². The first-order valence-electron chi connectivity index (χ1n) is 7.08. The number of halogens is 1. The van der Waals surface area contributed by atoms with E-state index in [1.54, 1.807) is 12.1 Å². The van der Waals surface area contributed by atoms with Crippen molar-refractivity contribution in [2.45, 2.75) is 26.2 Å². The van der Waals surface area contributed by atoms with Gasteiger partial charge in [-0.2, -0.15) is 0 Å². The zero-order valence-corrected chi connectivity index (χ0v) is 12.0. The molecule has 1 amide bonds. The van der Waals surface area contributed by atoms with Crippen molar-refractivity contribution >= 4 is 5.91 Å². The number of benzene rings is 1. The third kappa shape index (κ3) is 7.74. The van der Waals surface area contributed by atoms with Gasteiger partial charge in [-0.15, -0.1) is 0 Å². The molecule has 112 valence electrons. The Bertz CT molecular complexity index is 399. The standard InChI is InChI=1S/C15H23FN2O2/c1-2-8-17-9-10-18-15(19)7-4-11-20-14-6-3-5-13(16)12-14/h3,5-6,12,17H,2,4,7-11H2,1H3,(H,18,19). The summed E-state index contributed by atoms with van der Waals surface area (Å²) >= 11 is 0. The molecule has 0 saturated heterocycles. The highest BCUT2D eigenvalue weighted by atomic mass is 19.1. The molecule has 0 saturated carbocycles. The minimum atomic E-state index is -0.320. The molecule has 0 aliphatic heterocycles. The highest BCUT2D eigenvalue weighted by Crippen LogP contribution is 2.12.